The molecule has 1 aromatic heterocycles. The van der Waals surface area contributed by atoms with Gasteiger partial charge in [-0.1, -0.05) is 28.1 Å². The van der Waals surface area contributed by atoms with Crippen molar-refractivity contribution in [1.29, 1.82) is 0 Å². The normalized spacial score (nSPS) is 16.5. The van der Waals surface area contributed by atoms with E-state index in [1.54, 1.807) is 0 Å². The minimum Gasteiger partial charge on any atom is -0.461 e. The summed E-state index contributed by atoms with van der Waals surface area (Å²) in [6.45, 7) is 11.2. The van der Waals surface area contributed by atoms with Crippen molar-refractivity contribution < 1.29 is 19.1 Å². The van der Waals surface area contributed by atoms with Crippen LogP contribution in [0.2, 0.25) is 0 Å². The van der Waals surface area contributed by atoms with Crippen LogP contribution in [0.15, 0.2) is 40.9 Å². The third kappa shape index (κ3) is 6.02. The van der Waals surface area contributed by atoms with E-state index in [2.05, 4.69) is 37.3 Å². The Morgan fingerprint density at radius 3 is 2.71 bits per heavy atom. The molecule has 1 aliphatic rings. The van der Waals surface area contributed by atoms with Crippen molar-refractivity contribution in [2.75, 3.05) is 18.4 Å². The average Bonchev–Trinajstić information content (AvgIpc) is 3.34. The van der Waals surface area contributed by atoms with Gasteiger partial charge >= 0.3 is 12.1 Å². The van der Waals surface area contributed by atoms with Crippen LogP contribution < -0.4 is 5.32 Å². The molecule has 2 heterocycles. The van der Waals surface area contributed by atoms with Gasteiger partial charge in [0.25, 0.3) is 0 Å². The Morgan fingerprint density at radius 2 is 2.00 bits per heavy atom. The summed E-state index contributed by atoms with van der Waals surface area (Å²) < 4.78 is 13.3. The molecule has 186 valence electrons. The lowest BCUT2D eigenvalue weighted by molar-refractivity contribution is -0.145. The molecule has 0 amide bonds. The van der Waals surface area contributed by atoms with E-state index >= 15 is 0 Å². The van der Waals surface area contributed by atoms with Crippen molar-refractivity contribution >= 4 is 50.4 Å². The monoisotopic (exact) mass is 542 g/mol. The van der Waals surface area contributed by atoms with Crippen LogP contribution in [0.25, 0.3) is 10.9 Å². The Kier molecular flexibility index (Phi) is 7.19. The zero-order chi connectivity index (χ0) is 25.3. The van der Waals surface area contributed by atoms with E-state index in [0.29, 0.717) is 24.4 Å². The van der Waals surface area contributed by atoms with Crippen molar-refractivity contribution in [2.24, 2.45) is 0 Å². The van der Waals surface area contributed by atoms with Crippen molar-refractivity contribution in [1.82, 2.24) is 14.7 Å². The summed E-state index contributed by atoms with van der Waals surface area (Å²) in [6.07, 6.45) is 0.230. The van der Waals surface area contributed by atoms with Gasteiger partial charge in [0.05, 0.1) is 5.52 Å². The number of fused-ring (bicyclic) bond motifs is 1. The molecule has 9 heteroatoms. The molecule has 8 nitrogen and oxygen atoms in total. The number of rotatable bonds is 5. The molecule has 3 aromatic rings. The number of hydrogen-bond acceptors (Lipinski definition) is 7. The summed E-state index contributed by atoms with van der Waals surface area (Å²) in [7, 11) is 0. The first-order valence-electron chi connectivity index (χ1n) is 11.7. The number of aromatic nitrogens is 2. The molecule has 0 aliphatic carbocycles. The van der Waals surface area contributed by atoms with Gasteiger partial charge in [0.1, 0.15) is 11.7 Å². The summed E-state index contributed by atoms with van der Waals surface area (Å²) in [4.78, 5) is 26.5. The average molecular weight is 543 g/mol. The van der Waals surface area contributed by atoms with Crippen LogP contribution in [-0.4, -0.2) is 51.5 Å². The first kappa shape index (κ1) is 25.2. The van der Waals surface area contributed by atoms with E-state index in [-0.39, 0.29) is 12.1 Å². The number of benzene rings is 2. The summed E-state index contributed by atoms with van der Waals surface area (Å²) in [5.74, 6) is 0.333. The minimum atomic E-state index is -0.641. The molecule has 0 spiro atoms. The standard InChI is InChI=1S/C26H31BrN4O4/c1-16-21(27)7-6-8-22(16)28-24-20-13-18(14-30-12-11-19(15-30)34-17(2)32)9-10-23(20)31(29-24)25(33)35-26(3,4)5/h6-10,13,19H,11-12,14-15H2,1-5H3,(H,28,29)/t19-/m1/s1. The Bertz CT molecular complexity index is 1260. The number of nitrogens with zero attached hydrogens (tertiary/aromatic N) is 3. The number of halogens is 1. The largest absolute Gasteiger partial charge is 0.461 e. The van der Waals surface area contributed by atoms with Crippen LogP contribution in [0.4, 0.5) is 16.3 Å². The van der Waals surface area contributed by atoms with Gasteiger partial charge in [-0.3, -0.25) is 9.69 Å². The Balaban J connectivity index is 1.67. The minimum absolute atomic E-state index is 0.0668. The van der Waals surface area contributed by atoms with Crippen molar-refractivity contribution in [3.05, 3.63) is 52.0 Å². The second kappa shape index (κ2) is 9.99. The number of likely N-dealkylation sites (tertiary alicyclic amines) is 1. The highest BCUT2D eigenvalue weighted by Gasteiger charge is 2.26. The van der Waals surface area contributed by atoms with Crippen LogP contribution in [0.3, 0.4) is 0 Å². The van der Waals surface area contributed by atoms with Crippen molar-refractivity contribution in [3.63, 3.8) is 0 Å². The molecule has 0 bridgehead atoms. The number of ether oxygens (including phenoxy) is 2. The van der Waals surface area contributed by atoms with E-state index in [9.17, 15) is 9.59 Å². The van der Waals surface area contributed by atoms with Gasteiger partial charge in [0, 0.05) is 42.1 Å². The van der Waals surface area contributed by atoms with Crippen LogP contribution in [0.1, 0.15) is 45.2 Å². The second-order valence-corrected chi connectivity index (χ2v) is 10.7. The van der Waals surface area contributed by atoms with Gasteiger partial charge in [-0.05, 0) is 69.5 Å². The molecule has 1 atom stereocenters. The molecule has 0 radical (unpaired) electrons. The summed E-state index contributed by atoms with van der Waals surface area (Å²) in [5.41, 5.74) is 3.04. The Hall–Kier alpha value is -2.91. The number of hydrogen-bond donors (Lipinski definition) is 1. The third-order valence-corrected chi connectivity index (χ3v) is 6.66. The molecule has 4 rings (SSSR count). The van der Waals surface area contributed by atoms with E-state index in [1.807, 2.05) is 58.0 Å². The SMILES string of the molecule is CC(=O)O[C@@H]1CCN(Cc2ccc3c(c2)c(Nc2cccc(Br)c2C)nn3C(=O)OC(C)(C)C)C1. The maximum absolute atomic E-state index is 12.9. The Labute approximate surface area is 213 Å². The molecular weight excluding hydrogens is 512 g/mol. The number of esters is 1. The van der Waals surface area contributed by atoms with E-state index < -0.39 is 11.7 Å². The number of carbonyl (C=O) groups excluding carboxylic acids is 2. The lowest BCUT2D eigenvalue weighted by Gasteiger charge is -2.19. The molecule has 0 saturated carbocycles. The maximum Gasteiger partial charge on any atom is 0.435 e. The molecule has 1 saturated heterocycles. The predicted molar refractivity (Wildman–Crippen MR) is 139 cm³/mol. The first-order valence-corrected chi connectivity index (χ1v) is 12.5. The summed E-state index contributed by atoms with van der Waals surface area (Å²) in [6, 6.07) is 11.9. The van der Waals surface area contributed by atoms with E-state index in [0.717, 1.165) is 39.6 Å². The molecule has 0 unspecified atom stereocenters. The van der Waals surface area contributed by atoms with Crippen LogP contribution in [-0.2, 0) is 20.8 Å². The van der Waals surface area contributed by atoms with Gasteiger partial charge in [-0.2, -0.15) is 4.68 Å². The highest BCUT2D eigenvalue weighted by Crippen LogP contribution is 2.31. The predicted octanol–water partition coefficient (Wildman–Crippen LogP) is 5.77. The van der Waals surface area contributed by atoms with Gasteiger partial charge in [-0.15, -0.1) is 5.10 Å². The second-order valence-electron chi connectivity index (χ2n) is 9.88. The van der Waals surface area contributed by atoms with Crippen molar-refractivity contribution in [2.45, 2.75) is 59.3 Å². The summed E-state index contributed by atoms with van der Waals surface area (Å²) >= 11 is 3.57. The zero-order valence-corrected chi connectivity index (χ0v) is 22.3. The molecular formula is C26H31BrN4O4. The van der Waals surface area contributed by atoms with Crippen molar-refractivity contribution in [3.8, 4) is 0 Å². The fourth-order valence-corrected chi connectivity index (χ4v) is 4.57. The molecule has 1 N–H and O–H groups in total. The van der Waals surface area contributed by atoms with Gasteiger partial charge in [0.15, 0.2) is 5.82 Å². The number of nitrogens with one attached hydrogen (secondary N) is 1. The van der Waals surface area contributed by atoms with Crippen LogP contribution >= 0.6 is 15.9 Å². The first-order chi connectivity index (χ1) is 16.5. The molecule has 1 aliphatic heterocycles. The molecule has 1 fully saturated rings. The van der Waals surface area contributed by atoms with Gasteiger partial charge < -0.3 is 14.8 Å². The Morgan fingerprint density at radius 1 is 1.23 bits per heavy atom. The smallest absolute Gasteiger partial charge is 0.435 e. The van der Waals surface area contributed by atoms with Gasteiger partial charge in [-0.25, -0.2) is 4.79 Å². The topological polar surface area (TPSA) is 85.7 Å². The number of carbonyl (C=O) groups is 2. The lowest BCUT2D eigenvalue weighted by atomic mass is 10.1. The number of anilines is 2. The van der Waals surface area contributed by atoms with E-state index in [4.69, 9.17) is 9.47 Å². The maximum atomic E-state index is 12.9. The highest BCUT2D eigenvalue weighted by molar-refractivity contribution is 9.10. The molecule has 2 aromatic carbocycles. The quantitative estimate of drug-likeness (QED) is 0.409. The van der Waals surface area contributed by atoms with Crippen LogP contribution in [0.5, 0.6) is 0 Å². The fourth-order valence-electron chi connectivity index (χ4n) is 4.20. The highest BCUT2D eigenvalue weighted by atomic mass is 79.9. The lowest BCUT2D eigenvalue weighted by Crippen LogP contribution is -2.27. The van der Waals surface area contributed by atoms with Gasteiger partial charge in [0.2, 0.25) is 0 Å². The zero-order valence-electron chi connectivity index (χ0n) is 20.7. The molecule has 35 heavy (non-hydrogen) atoms. The van der Waals surface area contributed by atoms with Crippen LogP contribution in [0, 0.1) is 6.92 Å². The van der Waals surface area contributed by atoms with E-state index in [1.165, 1.54) is 11.6 Å². The third-order valence-electron chi connectivity index (χ3n) is 5.80. The summed E-state index contributed by atoms with van der Waals surface area (Å²) in [5, 5.41) is 8.83. The fraction of sp³-hybridized carbons (Fsp3) is 0.423.